The van der Waals surface area contributed by atoms with Crippen molar-refractivity contribution in [1.82, 2.24) is 10.6 Å². The molecule has 4 heteroatoms. The highest BCUT2D eigenvalue weighted by molar-refractivity contribution is 5.81. The number of amides is 1. The number of aliphatic hydroxyl groups is 1. The molecule has 1 aliphatic heterocycles. The van der Waals surface area contributed by atoms with Crippen LogP contribution in [0.25, 0.3) is 0 Å². The van der Waals surface area contributed by atoms with E-state index in [4.69, 9.17) is 0 Å². The third kappa shape index (κ3) is 5.50. The minimum Gasteiger partial charge on any atom is -0.393 e. The van der Waals surface area contributed by atoms with Crippen LogP contribution in [0, 0.1) is 5.41 Å². The van der Waals surface area contributed by atoms with E-state index < -0.39 is 0 Å². The molecule has 2 atom stereocenters. The largest absolute Gasteiger partial charge is 0.393 e. The lowest BCUT2D eigenvalue weighted by atomic mass is 9.87. The van der Waals surface area contributed by atoms with E-state index in [0.717, 1.165) is 25.8 Å². The van der Waals surface area contributed by atoms with Crippen molar-refractivity contribution in [2.45, 2.75) is 58.6 Å². The summed E-state index contributed by atoms with van der Waals surface area (Å²) in [5.41, 5.74) is -0.0571. The van der Waals surface area contributed by atoms with Gasteiger partial charge in [-0.1, -0.05) is 20.3 Å². The van der Waals surface area contributed by atoms with E-state index in [1.54, 1.807) is 6.92 Å². The second-order valence-electron chi connectivity index (χ2n) is 5.94. The van der Waals surface area contributed by atoms with Crippen LogP contribution < -0.4 is 10.6 Å². The first-order valence-corrected chi connectivity index (χ1v) is 6.60. The Balaban J connectivity index is 2.31. The Morgan fingerprint density at radius 1 is 1.53 bits per heavy atom. The van der Waals surface area contributed by atoms with Crippen molar-refractivity contribution < 1.29 is 9.90 Å². The predicted octanol–water partition coefficient (Wildman–Crippen LogP) is 1.04. The standard InChI is InChI=1S/C13H26N2O2/c1-10(16)8-13(2,3)9-15-12(17)11-6-4-5-7-14-11/h10-11,14,16H,4-9H2,1-3H3,(H,15,17). The van der Waals surface area contributed by atoms with E-state index in [1.165, 1.54) is 0 Å². The van der Waals surface area contributed by atoms with Crippen molar-refractivity contribution in [1.29, 1.82) is 0 Å². The molecule has 100 valence electrons. The van der Waals surface area contributed by atoms with Crippen LogP contribution in [0.15, 0.2) is 0 Å². The summed E-state index contributed by atoms with van der Waals surface area (Å²) in [6.07, 6.45) is 3.60. The van der Waals surface area contributed by atoms with Gasteiger partial charge in [0, 0.05) is 6.54 Å². The topological polar surface area (TPSA) is 61.4 Å². The van der Waals surface area contributed by atoms with Crippen LogP contribution in [0.2, 0.25) is 0 Å². The number of hydrogen-bond acceptors (Lipinski definition) is 3. The van der Waals surface area contributed by atoms with E-state index in [9.17, 15) is 9.90 Å². The zero-order valence-corrected chi connectivity index (χ0v) is 11.3. The van der Waals surface area contributed by atoms with Gasteiger partial charge in [-0.15, -0.1) is 0 Å². The normalized spacial score (nSPS) is 23.2. The molecule has 0 aromatic carbocycles. The van der Waals surface area contributed by atoms with Gasteiger partial charge in [-0.2, -0.15) is 0 Å². The zero-order valence-electron chi connectivity index (χ0n) is 11.3. The SMILES string of the molecule is CC(O)CC(C)(C)CNC(=O)C1CCCCN1. The Morgan fingerprint density at radius 3 is 2.76 bits per heavy atom. The quantitative estimate of drug-likeness (QED) is 0.675. The monoisotopic (exact) mass is 242 g/mol. The maximum Gasteiger partial charge on any atom is 0.237 e. The molecule has 0 spiro atoms. The first-order valence-electron chi connectivity index (χ1n) is 6.60. The Hall–Kier alpha value is -0.610. The Kier molecular flexibility index (Phi) is 5.40. The highest BCUT2D eigenvalue weighted by Crippen LogP contribution is 2.21. The maximum atomic E-state index is 11.9. The summed E-state index contributed by atoms with van der Waals surface area (Å²) in [4.78, 5) is 11.9. The molecule has 1 heterocycles. The molecule has 3 N–H and O–H groups in total. The summed E-state index contributed by atoms with van der Waals surface area (Å²) in [5, 5.41) is 15.6. The van der Waals surface area contributed by atoms with E-state index in [2.05, 4.69) is 24.5 Å². The molecule has 1 amide bonds. The number of hydrogen-bond donors (Lipinski definition) is 3. The van der Waals surface area contributed by atoms with Crippen LogP contribution in [-0.2, 0) is 4.79 Å². The fraction of sp³-hybridized carbons (Fsp3) is 0.923. The summed E-state index contributed by atoms with van der Waals surface area (Å²) < 4.78 is 0. The lowest BCUT2D eigenvalue weighted by molar-refractivity contribution is -0.124. The number of aliphatic hydroxyl groups excluding tert-OH is 1. The zero-order chi connectivity index (χ0) is 12.9. The Labute approximate surface area is 104 Å². The molecule has 0 radical (unpaired) electrons. The van der Waals surface area contributed by atoms with Gasteiger partial charge in [0.05, 0.1) is 12.1 Å². The molecule has 2 unspecified atom stereocenters. The third-order valence-electron chi connectivity index (χ3n) is 3.22. The van der Waals surface area contributed by atoms with Crippen molar-refractivity contribution in [2.24, 2.45) is 5.41 Å². The number of rotatable bonds is 5. The van der Waals surface area contributed by atoms with Crippen LogP contribution in [0.5, 0.6) is 0 Å². The lowest BCUT2D eigenvalue weighted by Crippen LogP contribution is -2.48. The van der Waals surface area contributed by atoms with E-state index >= 15 is 0 Å². The van der Waals surface area contributed by atoms with Crippen molar-refractivity contribution in [3.05, 3.63) is 0 Å². The minimum absolute atomic E-state index is 0.0221. The molecule has 4 nitrogen and oxygen atoms in total. The molecule has 17 heavy (non-hydrogen) atoms. The van der Waals surface area contributed by atoms with Gasteiger partial charge in [0.1, 0.15) is 0 Å². The molecular weight excluding hydrogens is 216 g/mol. The number of carbonyl (C=O) groups is 1. The highest BCUT2D eigenvalue weighted by Gasteiger charge is 2.24. The Bertz CT molecular complexity index is 246. The summed E-state index contributed by atoms with van der Waals surface area (Å²) >= 11 is 0. The molecule has 0 aliphatic carbocycles. The number of nitrogens with one attached hydrogen (secondary N) is 2. The van der Waals surface area contributed by atoms with Gasteiger partial charge in [-0.25, -0.2) is 0 Å². The van der Waals surface area contributed by atoms with Gasteiger partial charge in [0.15, 0.2) is 0 Å². The van der Waals surface area contributed by atoms with Crippen LogP contribution in [0.3, 0.4) is 0 Å². The van der Waals surface area contributed by atoms with Gasteiger partial charge in [0.2, 0.25) is 5.91 Å². The molecule has 1 aliphatic rings. The van der Waals surface area contributed by atoms with Crippen molar-refractivity contribution >= 4 is 5.91 Å². The summed E-state index contributed by atoms with van der Waals surface area (Å²) in [6.45, 7) is 7.47. The van der Waals surface area contributed by atoms with E-state index in [1.807, 2.05) is 0 Å². The maximum absolute atomic E-state index is 11.9. The highest BCUT2D eigenvalue weighted by atomic mass is 16.3. The number of carbonyl (C=O) groups excluding carboxylic acids is 1. The molecule has 1 saturated heterocycles. The Morgan fingerprint density at radius 2 is 2.24 bits per heavy atom. The molecule has 0 saturated carbocycles. The van der Waals surface area contributed by atoms with Gasteiger partial charge < -0.3 is 15.7 Å². The second-order valence-corrected chi connectivity index (χ2v) is 5.94. The smallest absolute Gasteiger partial charge is 0.237 e. The third-order valence-corrected chi connectivity index (χ3v) is 3.22. The van der Waals surface area contributed by atoms with Crippen molar-refractivity contribution in [2.75, 3.05) is 13.1 Å². The van der Waals surface area contributed by atoms with Gasteiger partial charge in [-0.3, -0.25) is 4.79 Å². The molecule has 1 rings (SSSR count). The molecule has 0 aromatic rings. The molecule has 0 bridgehead atoms. The fourth-order valence-corrected chi connectivity index (χ4v) is 2.40. The first-order chi connectivity index (χ1) is 7.91. The van der Waals surface area contributed by atoms with Crippen molar-refractivity contribution in [3.8, 4) is 0 Å². The van der Waals surface area contributed by atoms with E-state index in [-0.39, 0.29) is 23.5 Å². The molecule has 1 fully saturated rings. The summed E-state index contributed by atoms with van der Waals surface area (Å²) in [7, 11) is 0. The fourth-order valence-electron chi connectivity index (χ4n) is 2.40. The first kappa shape index (κ1) is 14.5. The number of piperidine rings is 1. The van der Waals surface area contributed by atoms with Gasteiger partial charge in [0.25, 0.3) is 0 Å². The summed E-state index contributed by atoms with van der Waals surface area (Å²) in [5.74, 6) is 0.100. The van der Waals surface area contributed by atoms with Crippen LogP contribution >= 0.6 is 0 Å². The van der Waals surface area contributed by atoms with Crippen LogP contribution in [-0.4, -0.2) is 36.2 Å². The summed E-state index contributed by atoms with van der Waals surface area (Å²) in [6, 6.07) is -0.0221. The van der Waals surface area contributed by atoms with Crippen LogP contribution in [0.4, 0.5) is 0 Å². The van der Waals surface area contributed by atoms with E-state index in [0.29, 0.717) is 13.0 Å². The van der Waals surface area contributed by atoms with Crippen molar-refractivity contribution in [3.63, 3.8) is 0 Å². The van der Waals surface area contributed by atoms with Crippen LogP contribution in [0.1, 0.15) is 46.5 Å². The average Bonchev–Trinajstić information content (AvgIpc) is 2.25. The minimum atomic E-state index is -0.324. The molecule has 0 aromatic heterocycles. The van der Waals surface area contributed by atoms with Gasteiger partial charge in [-0.05, 0) is 38.1 Å². The van der Waals surface area contributed by atoms with Gasteiger partial charge >= 0.3 is 0 Å². The predicted molar refractivity (Wildman–Crippen MR) is 68.7 cm³/mol. The molecular formula is C13H26N2O2. The average molecular weight is 242 g/mol. The lowest BCUT2D eigenvalue weighted by Gasteiger charge is -2.28. The second kappa shape index (κ2) is 6.36.